The lowest BCUT2D eigenvalue weighted by Gasteiger charge is -2.05. The molecule has 0 spiro atoms. The van der Waals surface area contributed by atoms with Crippen LogP contribution < -0.4 is 11.1 Å². The Labute approximate surface area is 86.8 Å². The van der Waals surface area contributed by atoms with Crippen LogP contribution in [0.1, 0.15) is 0 Å². The van der Waals surface area contributed by atoms with Crippen molar-refractivity contribution in [3.63, 3.8) is 0 Å². The van der Waals surface area contributed by atoms with E-state index < -0.39 is 0 Å². The Morgan fingerprint density at radius 3 is 2.80 bits per heavy atom. The maximum atomic E-state index is 12.9. The molecule has 15 heavy (non-hydrogen) atoms. The van der Waals surface area contributed by atoms with Gasteiger partial charge in [-0.1, -0.05) is 6.07 Å². The van der Waals surface area contributed by atoms with Gasteiger partial charge in [-0.15, -0.1) is 0 Å². The van der Waals surface area contributed by atoms with Gasteiger partial charge in [0, 0.05) is 23.6 Å². The van der Waals surface area contributed by atoms with Crippen molar-refractivity contribution in [2.24, 2.45) is 0 Å². The summed E-state index contributed by atoms with van der Waals surface area (Å²) in [6.45, 7) is 0. The number of anilines is 3. The molecule has 0 saturated heterocycles. The maximum Gasteiger partial charge on any atom is 0.132 e. The van der Waals surface area contributed by atoms with Crippen LogP contribution in [0.2, 0.25) is 0 Å². The molecule has 0 saturated carbocycles. The van der Waals surface area contributed by atoms with Gasteiger partial charge in [-0.05, 0) is 24.3 Å². The van der Waals surface area contributed by atoms with E-state index in [-0.39, 0.29) is 5.82 Å². The summed E-state index contributed by atoms with van der Waals surface area (Å²) in [7, 11) is 0. The zero-order chi connectivity index (χ0) is 10.7. The number of rotatable bonds is 2. The van der Waals surface area contributed by atoms with E-state index in [1.807, 2.05) is 0 Å². The Morgan fingerprint density at radius 1 is 1.20 bits per heavy atom. The van der Waals surface area contributed by atoms with Crippen LogP contribution in [-0.2, 0) is 0 Å². The SMILES string of the molecule is Nc1ccnc(Nc2cccc(F)c2)c1. The first-order chi connectivity index (χ1) is 7.24. The smallest absolute Gasteiger partial charge is 0.132 e. The fourth-order valence-corrected chi connectivity index (χ4v) is 1.23. The zero-order valence-electron chi connectivity index (χ0n) is 7.94. The molecule has 0 fully saturated rings. The lowest BCUT2D eigenvalue weighted by molar-refractivity contribution is 0.628. The molecule has 0 radical (unpaired) electrons. The Bertz CT molecular complexity index is 427. The fraction of sp³-hybridized carbons (Fsp3) is 0. The highest BCUT2D eigenvalue weighted by Gasteiger charge is 1.97. The Hall–Kier alpha value is -2.10. The highest BCUT2D eigenvalue weighted by molar-refractivity contribution is 5.59. The molecule has 2 rings (SSSR count). The summed E-state index contributed by atoms with van der Waals surface area (Å²) in [6.07, 6.45) is 1.59. The minimum absolute atomic E-state index is 0.288. The summed E-state index contributed by atoms with van der Waals surface area (Å²) in [5.41, 5.74) is 6.85. The first-order valence-corrected chi connectivity index (χ1v) is 4.48. The number of pyridine rings is 1. The molecule has 3 N–H and O–H groups in total. The maximum absolute atomic E-state index is 12.9. The molecule has 0 bridgehead atoms. The van der Waals surface area contributed by atoms with Gasteiger partial charge >= 0.3 is 0 Å². The highest BCUT2D eigenvalue weighted by Crippen LogP contribution is 2.16. The van der Waals surface area contributed by atoms with Crippen LogP contribution in [0, 0.1) is 5.82 Å². The third-order valence-electron chi connectivity index (χ3n) is 1.88. The van der Waals surface area contributed by atoms with E-state index in [0.29, 0.717) is 17.2 Å². The standard InChI is InChI=1S/C11H10FN3/c12-8-2-1-3-10(6-8)15-11-7-9(13)4-5-14-11/h1-7H,(H3,13,14,15). The quantitative estimate of drug-likeness (QED) is 0.788. The zero-order valence-corrected chi connectivity index (χ0v) is 7.94. The normalized spacial score (nSPS) is 9.93. The van der Waals surface area contributed by atoms with Crippen LogP contribution in [0.15, 0.2) is 42.6 Å². The van der Waals surface area contributed by atoms with Crippen molar-refractivity contribution < 1.29 is 4.39 Å². The van der Waals surface area contributed by atoms with Gasteiger partial charge in [0.15, 0.2) is 0 Å². The summed E-state index contributed by atoms with van der Waals surface area (Å²) in [5.74, 6) is 0.310. The average Bonchev–Trinajstić information content (AvgIpc) is 2.17. The second-order valence-electron chi connectivity index (χ2n) is 3.11. The predicted octanol–water partition coefficient (Wildman–Crippen LogP) is 2.55. The van der Waals surface area contributed by atoms with E-state index in [1.54, 1.807) is 30.5 Å². The Morgan fingerprint density at radius 2 is 2.07 bits per heavy atom. The molecule has 0 aliphatic carbocycles. The largest absolute Gasteiger partial charge is 0.399 e. The van der Waals surface area contributed by atoms with Crippen LogP contribution >= 0.6 is 0 Å². The van der Waals surface area contributed by atoms with Crippen LogP contribution in [-0.4, -0.2) is 4.98 Å². The molecule has 0 atom stereocenters. The number of hydrogen-bond donors (Lipinski definition) is 2. The minimum Gasteiger partial charge on any atom is -0.399 e. The van der Waals surface area contributed by atoms with Crippen molar-refractivity contribution in [1.29, 1.82) is 0 Å². The molecular weight excluding hydrogens is 193 g/mol. The van der Waals surface area contributed by atoms with Gasteiger partial charge in [-0.3, -0.25) is 0 Å². The summed E-state index contributed by atoms with van der Waals surface area (Å²) in [4.78, 5) is 4.05. The van der Waals surface area contributed by atoms with Crippen LogP contribution in [0.5, 0.6) is 0 Å². The van der Waals surface area contributed by atoms with Gasteiger partial charge in [-0.2, -0.15) is 0 Å². The number of benzene rings is 1. The summed E-state index contributed by atoms with van der Waals surface area (Å²) < 4.78 is 12.9. The number of nitrogens with two attached hydrogens (primary N) is 1. The number of nitrogen functional groups attached to an aromatic ring is 1. The van der Waals surface area contributed by atoms with E-state index in [9.17, 15) is 4.39 Å². The summed E-state index contributed by atoms with van der Waals surface area (Å²) in [6, 6.07) is 9.54. The molecule has 0 aliphatic heterocycles. The number of nitrogens with one attached hydrogen (secondary N) is 1. The molecule has 2 aromatic rings. The molecule has 1 heterocycles. The summed E-state index contributed by atoms with van der Waals surface area (Å²) in [5, 5.41) is 2.95. The third kappa shape index (κ3) is 2.43. The van der Waals surface area contributed by atoms with E-state index in [4.69, 9.17) is 5.73 Å². The molecule has 1 aromatic heterocycles. The van der Waals surface area contributed by atoms with Crippen molar-refractivity contribution in [2.45, 2.75) is 0 Å². The monoisotopic (exact) mass is 203 g/mol. The van der Waals surface area contributed by atoms with Crippen LogP contribution in [0.4, 0.5) is 21.6 Å². The van der Waals surface area contributed by atoms with Gasteiger partial charge < -0.3 is 11.1 Å². The number of halogens is 1. The van der Waals surface area contributed by atoms with Gasteiger partial charge in [0.1, 0.15) is 11.6 Å². The Kier molecular flexibility index (Phi) is 2.49. The lowest BCUT2D eigenvalue weighted by atomic mass is 10.3. The van der Waals surface area contributed by atoms with Crippen LogP contribution in [0.25, 0.3) is 0 Å². The van der Waals surface area contributed by atoms with Gasteiger partial charge in [0.2, 0.25) is 0 Å². The van der Waals surface area contributed by atoms with Crippen molar-refractivity contribution in [3.8, 4) is 0 Å². The van der Waals surface area contributed by atoms with Crippen molar-refractivity contribution in [3.05, 3.63) is 48.4 Å². The first-order valence-electron chi connectivity index (χ1n) is 4.48. The topological polar surface area (TPSA) is 50.9 Å². The number of aromatic nitrogens is 1. The molecule has 0 amide bonds. The van der Waals surface area contributed by atoms with Gasteiger partial charge in [-0.25, -0.2) is 9.37 Å². The molecule has 4 heteroatoms. The lowest BCUT2D eigenvalue weighted by Crippen LogP contribution is -1.95. The summed E-state index contributed by atoms with van der Waals surface area (Å²) >= 11 is 0. The second-order valence-corrected chi connectivity index (χ2v) is 3.11. The molecular formula is C11H10FN3. The van der Waals surface area contributed by atoms with E-state index in [0.717, 1.165) is 0 Å². The Balaban J connectivity index is 2.22. The molecule has 3 nitrogen and oxygen atoms in total. The van der Waals surface area contributed by atoms with E-state index >= 15 is 0 Å². The molecule has 0 aliphatic rings. The fourth-order valence-electron chi connectivity index (χ4n) is 1.23. The molecule has 76 valence electrons. The van der Waals surface area contributed by atoms with Crippen LogP contribution in [0.3, 0.4) is 0 Å². The van der Waals surface area contributed by atoms with Crippen molar-refractivity contribution in [1.82, 2.24) is 4.98 Å². The predicted molar refractivity (Wildman–Crippen MR) is 58.3 cm³/mol. The number of nitrogens with zero attached hydrogens (tertiary/aromatic N) is 1. The molecule has 0 unspecified atom stereocenters. The first kappa shape index (κ1) is 9.45. The number of hydrogen-bond acceptors (Lipinski definition) is 3. The van der Waals surface area contributed by atoms with Crippen molar-refractivity contribution in [2.75, 3.05) is 11.1 Å². The minimum atomic E-state index is -0.288. The van der Waals surface area contributed by atoms with E-state index in [1.165, 1.54) is 12.1 Å². The van der Waals surface area contributed by atoms with Gasteiger partial charge in [0.05, 0.1) is 0 Å². The highest BCUT2D eigenvalue weighted by atomic mass is 19.1. The third-order valence-corrected chi connectivity index (χ3v) is 1.88. The second kappa shape index (κ2) is 3.96. The van der Waals surface area contributed by atoms with E-state index in [2.05, 4.69) is 10.3 Å². The van der Waals surface area contributed by atoms with Crippen molar-refractivity contribution >= 4 is 17.2 Å². The average molecular weight is 203 g/mol. The van der Waals surface area contributed by atoms with Gasteiger partial charge in [0.25, 0.3) is 0 Å². The molecule has 1 aromatic carbocycles.